The number of carbonyl (C=O) groups is 1. The first-order valence-corrected chi connectivity index (χ1v) is 16.1. The number of hydrogen-bond donors (Lipinski definition) is 1. The van der Waals surface area contributed by atoms with Crippen molar-refractivity contribution < 1.29 is 19.4 Å². The minimum absolute atomic E-state index is 0.00274. The van der Waals surface area contributed by atoms with E-state index in [9.17, 15) is 9.90 Å². The molecule has 1 saturated carbocycles. The minimum Gasteiger partial charge on any atom is -0.493 e. The molecule has 6 nitrogen and oxygen atoms in total. The average molecular weight is 636 g/mol. The third-order valence-corrected chi connectivity index (χ3v) is 11.8. The summed E-state index contributed by atoms with van der Waals surface area (Å²) in [5, 5.41) is 14.9. The summed E-state index contributed by atoms with van der Waals surface area (Å²) >= 11 is 5.08. The van der Waals surface area contributed by atoms with Crippen LogP contribution in [0.25, 0.3) is 6.08 Å². The van der Waals surface area contributed by atoms with Gasteiger partial charge in [-0.15, -0.1) is 11.3 Å². The number of aliphatic hydroxyl groups is 1. The Balaban J connectivity index is 1.23. The molecule has 41 heavy (non-hydrogen) atoms. The third-order valence-electron chi connectivity index (χ3n) is 10.1. The van der Waals surface area contributed by atoms with Crippen molar-refractivity contribution in [3.8, 4) is 11.5 Å². The zero-order valence-corrected chi connectivity index (χ0v) is 25.8. The smallest absolute Gasteiger partial charge is 0.246 e. The first kappa shape index (κ1) is 27.2. The lowest BCUT2D eigenvalue weighted by Crippen LogP contribution is -2.78. The van der Waals surface area contributed by atoms with Crippen LogP contribution in [0.3, 0.4) is 0 Å². The molecule has 1 N–H and O–H groups in total. The van der Waals surface area contributed by atoms with E-state index in [1.165, 1.54) is 11.1 Å². The summed E-state index contributed by atoms with van der Waals surface area (Å²) < 4.78 is 13.6. The molecule has 5 atom stereocenters. The number of nitrogens with zero attached hydrogens (tertiary/aromatic N) is 2. The van der Waals surface area contributed by atoms with Crippen LogP contribution in [0, 0.1) is 0 Å². The van der Waals surface area contributed by atoms with Gasteiger partial charge in [0.05, 0.1) is 24.2 Å². The Morgan fingerprint density at radius 2 is 2.10 bits per heavy atom. The van der Waals surface area contributed by atoms with Crippen LogP contribution in [0.2, 0.25) is 0 Å². The molecule has 2 aliphatic carbocycles. The Morgan fingerprint density at radius 3 is 2.85 bits per heavy atom. The van der Waals surface area contributed by atoms with E-state index in [0.717, 1.165) is 53.0 Å². The van der Waals surface area contributed by atoms with Crippen LogP contribution in [-0.2, 0) is 23.1 Å². The highest BCUT2D eigenvalue weighted by Crippen LogP contribution is 2.65. The number of rotatable bonds is 7. The Morgan fingerprint density at radius 1 is 1.27 bits per heavy atom. The molecule has 0 radical (unpaired) electrons. The van der Waals surface area contributed by atoms with Gasteiger partial charge in [0.25, 0.3) is 0 Å². The molecular weight excluding hydrogens is 600 g/mol. The molecule has 2 aromatic carbocycles. The number of piperidine rings is 1. The molecule has 0 unspecified atom stereocenters. The number of halogens is 1. The van der Waals surface area contributed by atoms with Crippen molar-refractivity contribution >= 4 is 39.2 Å². The van der Waals surface area contributed by atoms with E-state index in [2.05, 4.69) is 57.2 Å². The van der Waals surface area contributed by atoms with E-state index in [0.29, 0.717) is 18.6 Å². The molecule has 8 heteroatoms. The number of carbonyl (C=O) groups excluding carboxylic acids is 1. The van der Waals surface area contributed by atoms with Crippen molar-refractivity contribution in [2.75, 3.05) is 27.2 Å². The highest BCUT2D eigenvalue weighted by atomic mass is 79.9. The van der Waals surface area contributed by atoms with Gasteiger partial charge in [-0.1, -0.05) is 36.4 Å². The van der Waals surface area contributed by atoms with E-state index >= 15 is 0 Å². The molecule has 1 spiro atoms. The molecular formula is C33H35BrN2O4S. The predicted octanol–water partition coefficient (Wildman–Crippen LogP) is 5.46. The van der Waals surface area contributed by atoms with Gasteiger partial charge < -0.3 is 19.5 Å². The topological polar surface area (TPSA) is 62.2 Å². The summed E-state index contributed by atoms with van der Waals surface area (Å²) in [4.78, 5) is 18.8. The number of thiophene rings is 1. The molecule has 3 aromatic rings. The molecule has 2 fully saturated rings. The van der Waals surface area contributed by atoms with Gasteiger partial charge in [-0.2, -0.15) is 0 Å². The number of likely N-dealkylation sites (tertiary alicyclic amines) is 1. The van der Waals surface area contributed by atoms with Crippen LogP contribution in [-0.4, -0.2) is 71.8 Å². The number of hydrogen-bond acceptors (Lipinski definition) is 6. The lowest BCUT2D eigenvalue weighted by Gasteiger charge is -2.64. The fourth-order valence-electron chi connectivity index (χ4n) is 8.19. The van der Waals surface area contributed by atoms with E-state index < -0.39 is 11.0 Å². The maximum Gasteiger partial charge on any atom is 0.246 e. The lowest BCUT2D eigenvalue weighted by atomic mass is 9.48. The largest absolute Gasteiger partial charge is 0.493 e. The fourth-order valence-corrected chi connectivity index (χ4v) is 9.52. The Hall–Kier alpha value is -2.65. The Kier molecular flexibility index (Phi) is 6.81. The molecule has 214 valence electrons. The second-order valence-corrected chi connectivity index (χ2v) is 13.7. The number of ether oxygens (including phenoxy) is 2. The first-order chi connectivity index (χ1) is 19.9. The molecule has 1 aromatic heterocycles. The van der Waals surface area contributed by atoms with Crippen molar-refractivity contribution in [1.82, 2.24) is 9.80 Å². The normalized spacial score (nSPS) is 29.7. The summed E-state index contributed by atoms with van der Waals surface area (Å²) in [6.07, 6.45) is 7.01. The quantitative estimate of drug-likeness (QED) is 0.350. The van der Waals surface area contributed by atoms with Crippen LogP contribution in [0.4, 0.5) is 0 Å². The van der Waals surface area contributed by atoms with Gasteiger partial charge >= 0.3 is 0 Å². The number of amides is 1. The zero-order chi connectivity index (χ0) is 28.4. The van der Waals surface area contributed by atoms with Crippen LogP contribution in [0.1, 0.15) is 40.8 Å². The second-order valence-electron chi connectivity index (χ2n) is 11.9. The van der Waals surface area contributed by atoms with Gasteiger partial charge in [-0.25, -0.2) is 0 Å². The Bertz CT molecular complexity index is 1510. The maximum absolute atomic E-state index is 13.5. The van der Waals surface area contributed by atoms with Crippen molar-refractivity contribution in [3.63, 3.8) is 0 Å². The number of benzene rings is 2. The van der Waals surface area contributed by atoms with E-state index in [-0.39, 0.29) is 24.1 Å². The van der Waals surface area contributed by atoms with E-state index in [4.69, 9.17) is 9.47 Å². The van der Waals surface area contributed by atoms with E-state index in [1.54, 1.807) is 24.5 Å². The van der Waals surface area contributed by atoms with Gasteiger partial charge in [0, 0.05) is 46.0 Å². The summed E-state index contributed by atoms with van der Waals surface area (Å²) in [6.45, 7) is 1.79. The summed E-state index contributed by atoms with van der Waals surface area (Å²) in [6, 6.07) is 16.6. The number of methoxy groups -OCH3 is 1. The Labute approximate surface area is 253 Å². The standard InChI is InChI=1S/C33H35BrN2O4S/c1-35(28(37)11-9-24-19-23(34)20-41-24)25-12-14-33(38)27-18-22-8-10-26(39-2)30-29(22)32(33,31(25)40-30)15-17-36(27)16-13-21-6-4-3-5-7-21/h3-11,19-20,25,27,31,38H,12-18H2,1-2H3/b11-9+/t25-,27-,31+,32+,33-/m1/s1. The third kappa shape index (κ3) is 4.13. The van der Waals surface area contributed by atoms with Crippen LogP contribution < -0.4 is 9.47 Å². The summed E-state index contributed by atoms with van der Waals surface area (Å²) in [5.74, 6) is 1.41. The van der Waals surface area contributed by atoms with Crippen molar-refractivity contribution in [3.05, 3.63) is 86.0 Å². The zero-order valence-electron chi connectivity index (χ0n) is 23.4. The molecule has 1 saturated heterocycles. The van der Waals surface area contributed by atoms with E-state index in [1.807, 2.05) is 35.5 Å². The fraction of sp³-hybridized carbons (Fsp3) is 0.424. The van der Waals surface area contributed by atoms with Gasteiger partial charge in [0.1, 0.15) is 6.10 Å². The average Bonchev–Trinajstić information content (AvgIpc) is 3.56. The molecule has 3 heterocycles. The molecule has 2 bridgehead atoms. The van der Waals surface area contributed by atoms with Crippen molar-refractivity contribution in [2.45, 2.75) is 61.3 Å². The van der Waals surface area contributed by atoms with Crippen molar-refractivity contribution in [1.29, 1.82) is 0 Å². The van der Waals surface area contributed by atoms with Crippen molar-refractivity contribution in [2.24, 2.45) is 0 Å². The second kappa shape index (κ2) is 10.3. The minimum atomic E-state index is -0.948. The highest BCUT2D eigenvalue weighted by molar-refractivity contribution is 9.10. The van der Waals surface area contributed by atoms with Crippen LogP contribution in [0.5, 0.6) is 11.5 Å². The SMILES string of the molecule is COc1ccc2c3c1O[C@H]1[C@H](N(C)C(=O)/C=C/c4cc(Br)cs4)CC[C@@]4(O)[C@@H](C2)N(CCc2ccccc2)CC[C@]314. The molecule has 2 aliphatic heterocycles. The summed E-state index contributed by atoms with van der Waals surface area (Å²) in [5.41, 5.74) is 2.14. The molecule has 7 rings (SSSR count). The highest BCUT2D eigenvalue weighted by Gasteiger charge is 2.73. The van der Waals surface area contributed by atoms with Gasteiger partial charge in [-0.3, -0.25) is 9.69 Å². The van der Waals surface area contributed by atoms with Crippen LogP contribution >= 0.6 is 27.3 Å². The monoisotopic (exact) mass is 634 g/mol. The predicted molar refractivity (Wildman–Crippen MR) is 165 cm³/mol. The van der Waals surface area contributed by atoms with Gasteiger partial charge in [-0.05, 0) is 83.9 Å². The van der Waals surface area contributed by atoms with Gasteiger partial charge in [0.15, 0.2) is 11.5 Å². The maximum atomic E-state index is 13.5. The first-order valence-electron chi connectivity index (χ1n) is 14.4. The van der Waals surface area contributed by atoms with Gasteiger partial charge in [0.2, 0.25) is 5.91 Å². The molecule has 1 amide bonds. The lowest BCUT2D eigenvalue weighted by molar-refractivity contribution is -0.199. The summed E-state index contributed by atoms with van der Waals surface area (Å²) in [7, 11) is 3.55. The van der Waals surface area contributed by atoms with Crippen LogP contribution in [0.15, 0.2) is 64.5 Å². The number of likely N-dealkylation sites (N-methyl/N-ethyl adjacent to an activating group) is 1. The molecule has 4 aliphatic rings.